The van der Waals surface area contributed by atoms with Crippen LogP contribution in [-0.4, -0.2) is 20.7 Å². The molecule has 0 spiro atoms. The lowest BCUT2D eigenvalue weighted by Crippen LogP contribution is -2.04. The average molecular weight is 373 g/mol. The molecule has 1 aliphatic carbocycles. The molecular formula is C21H19N5S. The van der Waals surface area contributed by atoms with Crippen LogP contribution in [0.3, 0.4) is 0 Å². The van der Waals surface area contributed by atoms with E-state index < -0.39 is 0 Å². The van der Waals surface area contributed by atoms with Crippen molar-refractivity contribution in [1.82, 2.24) is 15.0 Å². The van der Waals surface area contributed by atoms with Crippen LogP contribution < -0.4 is 5.43 Å². The molecule has 134 valence electrons. The van der Waals surface area contributed by atoms with Crippen molar-refractivity contribution in [2.75, 3.05) is 5.43 Å². The van der Waals surface area contributed by atoms with Crippen molar-refractivity contribution in [3.05, 3.63) is 58.9 Å². The fraction of sp³-hybridized carbons (Fsp3) is 0.238. The number of thiophene rings is 1. The SMILES string of the molecule is C/C(=N\Nc1ncnc2sc3c(c12)CCCC3)c1ccc2ccccc2n1. The van der Waals surface area contributed by atoms with Gasteiger partial charge in [-0.1, -0.05) is 24.3 Å². The molecule has 6 heteroatoms. The summed E-state index contributed by atoms with van der Waals surface area (Å²) in [7, 11) is 0. The van der Waals surface area contributed by atoms with Gasteiger partial charge < -0.3 is 0 Å². The van der Waals surface area contributed by atoms with Gasteiger partial charge in [-0.05, 0) is 50.3 Å². The van der Waals surface area contributed by atoms with Crippen molar-refractivity contribution >= 4 is 44.0 Å². The van der Waals surface area contributed by atoms with Crippen molar-refractivity contribution in [3.8, 4) is 0 Å². The van der Waals surface area contributed by atoms with Gasteiger partial charge in [-0.15, -0.1) is 11.3 Å². The highest BCUT2D eigenvalue weighted by molar-refractivity contribution is 7.19. The maximum absolute atomic E-state index is 4.71. The number of aryl methyl sites for hydroxylation is 2. The summed E-state index contributed by atoms with van der Waals surface area (Å²) in [4.78, 5) is 16.1. The van der Waals surface area contributed by atoms with E-state index >= 15 is 0 Å². The molecule has 1 aliphatic rings. The van der Waals surface area contributed by atoms with Gasteiger partial charge in [0, 0.05) is 10.3 Å². The van der Waals surface area contributed by atoms with Crippen LogP contribution in [0.2, 0.25) is 0 Å². The number of para-hydroxylation sites is 1. The van der Waals surface area contributed by atoms with Gasteiger partial charge in [-0.25, -0.2) is 15.0 Å². The van der Waals surface area contributed by atoms with Gasteiger partial charge in [0.15, 0.2) is 5.82 Å². The molecule has 1 aromatic carbocycles. The number of benzene rings is 1. The highest BCUT2D eigenvalue weighted by atomic mass is 32.1. The Morgan fingerprint density at radius 2 is 1.96 bits per heavy atom. The third-order valence-electron chi connectivity index (χ3n) is 5.05. The standard InChI is InChI=1S/C21H19N5S/c1-13(16-11-10-14-6-2-4-8-17(14)24-16)25-26-20-19-15-7-3-5-9-18(15)27-21(19)23-12-22-20/h2,4,6,8,10-12H,3,5,7,9H2,1H3,(H,22,23,26)/b25-13+. The van der Waals surface area contributed by atoms with Crippen molar-refractivity contribution in [3.63, 3.8) is 0 Å². The number of hydrazone groups is 1. The van der Waals surface area contributed by atoms with Crippen LogP contribution in [0.15, 0.2) is 47.8 Å². The van der Waals surface area contributed by atoms with Crippen LogP contribution >= 0.6 is 11.3 Å². The van der Waals surface area contributed by atoms with Gasteiger partial charge in [-0.3, -0.25) is 5.43 Å². The molecule has 3 heterocycles. The van der Waals surface area contributed by atoms with Gasteiger partial charge in [0.2, 0.25) is 0 Å². The maximum Gasteiger partial charge on any atom is 0.158 e. The van der Waals surface area contributed by atoms with Crippen LogP contribution in [0.1, 0.15) is 35.9 Å². The Hall–Kier alpha value is -2.86. The minimum atomic E-state index is 0.791. The molecule has 1 N–H and O–H groups in total. The molecule has 0 radical (unpaired) electrons. The lowest BCUT2D eigenvalue weighted by Gasteiger charge is -2.11. The molecule has 5 rings (SSSR count). The predicted octanol–water partition coefficient (Wildman–Crippen LogP) is 4.95. The van der Waals surface area contributed by atoms with Crippen molar-refractivity contribution < 1.29 is 0 Å². The summed E-state index contributed by atoms with van der Waals surface area (Å²) in [5, 5.41) is 6.84. The minimum Gasteiger partial charge on any atom is -0.260 e. The highest BCUT2D eigenvalue weighted by Crippen LogP contribution is 2.38. The molecule has 5 nitrogen and oxygen atoms in total. The Bertz CT molecular complexity index is 1180. The molecule has 0 aliphatic heterocycles. The quantitative estimate of drug-likeness (QED) is 0.407. The number of nitrogens with zero attached hydrogens (tertiary/aromatic N) is 4. The van der Waals surface area contributed by atoms with E-state index in [1.807, 2.05) is 31.2 Å². The normalized spacial score (nSPS) is 14.5. The number of fused-ring (bicyclic) bond motifs is 4. The Morgan fingerprint density at radius 3 is 2.93 bits per heavy atom. The molecule has 0 saturated carbocycles. The smallest absolute Gasteiger partial charge is 0.158 e. The van der Waals surface area contributed by atoms with Gasteiger partial charge in [-0.2, -0.15) is 5.10 Å². The molecule has 0 fully saturated rings. The first-order valence-corrected chi connectivity index (χ1v) is 10.0. The molecule has 4 aromatic rings. The number of hydrogen-bond acceptors (Lipinski definition) is 6. The molecular weight excluding hydrogens is 354 g/mol. The summed E-state index contributed by atoms with van der Waals surface area (Å²) >= 11 is 1.79. The first kappa shape index (κ1) is 16.3. The number of nitrogens with one attached hydrogen (secondary N) is 1. The summed E-state index contributed by atoms with van der Waals surface area (Å²) in [6.45, 7) is 1.96. The van der Waals surface area contributed by atoms with Crippen LogP contribution in [0.25, 0.3) is 21.1 Å². The summed E-state index contributed by atoms with van der Waals surface area (Å²) in [6.07, 6.45) is 6.37. The van der Waals surface area contributed by atoms with E-state index in [1.54, 1.807) is 17.7 Å². The van der Waals surface area contributed by atoms with Crippen LogP contribution in [0.4, 0.5) is 5.82 Å². The lowest BCUT2D eigenvalue weighted by atomic mass is 9.97. The summed E-state index contributed by atoms with van der Waals surface area (Å²) in [6, 6.07) is 12.2. The van der Waals surface area contributed by atoms with E-state index in [1.165, 1.54) is 23.3 Å². The second-order valence-electron chi connectivity index (χ2n) is 6.81. The fourth-order valence-corrected chi connectivity index (χ4v) is 4.87. The van der Waals surface area contributed by atoms with Crippen molar-refractivity contribution in [2.24, 2.45) is 5.10 Å². The van der Waals surface area contributed by atoms with Crippen LogP contribution in [0.5, 0.6) is 0 Å². The minimum absolute atomic E-state index is 0.791. The maximum atomic E-state index is 4.71. The van der Waals surface area contributed by atoms with Crippen molar-refractivity contribution in [1.29, 1.82) is 0 Å². The number of hydrogen-bond donors (Lipinski definition) is 1. The molecule has 0 atom stereocenters. The second kappa shape index (κ2) is 6.70. The third kappa shape index (κ3) is 2.96. The lowest BCUT2D eigenvalue weighted by molar-refractivity contribution is 0.700. The molecule has 0 unspecified atom stereocenters. The van der Waals surface area contributed by atoms with Gasteiger partial charge in [0.05, 0.1) is 22.3 Å². The van der Waals surface area contributed by atoms with E-state index in [9.17, 15) is 0 Å². The average Bonchev–Trinajstić information content (AvgIpc) is 3.11. The number of anilines is 1. The number of aromatic nitrogens is 3. The Kier molecular flexibility index (Phi) is 4.05. The summed E-state index contributed by atoms with van der Waals surface area (Å²) in [5.41, 5.74) is 7.24. The first-order valence-electron chi connectivity index (χ1n) is 9.21. The summed E-state index contributed by atoms with van der Waals surface area (Å²) < 4.78 is 0. The van der Waals surface area contributed by atoms with E-state index in [-0.39, 0.29) is 0 Å². The Morgan fingerprint density at radius 1 is 1.07 bits per heavy atom. The number of rotatable bonds is 3. The zero-order valence-corrected chi connectivity index (χ0v) is 15.9. The van der Waals surface area contributed by atoms with E-state index in [2.05, 4.69) is 32.6 Å². The molecule has 0 bridgehead atoms. The highest BCUT2D eigenvalue weighted by Gasteiger charge is 2.19. The number of pyridine rings is 1. The monoisotopic (exact) mass is 373 g/mol. The van der Waals surface area contributed by atoms with E-state index in [0.29, 0.717) is 0 Å². The molecule has 3 aromatic heterocycles. The zero-order valence-electron chi connectivity index (χ0n) is 15.1. The second-order valence-corrected chi connectivity index (χ2v) is 7.90. The van der Waals surface area contributed by atoms with Gasteiger partial charge in [0.1, 0.15) is 11.2 Å². The van der Waals surface area contributed by atoms with E-state index in [4.69, 9.17) is 4.98 Å². The van der Waals surface area contributed by atoms with Gasteiger partial charge >= 0.3 is 0 Å². The van der Waals surface area contributed by atoms with Crippen LogP contribution in [0, 0.1) is 0 Å². The zero-order chi connectivity index (χ0) is 18.2. The topological polar surface area (TPSA) is 63.1 Å². The van der Waals surface area contributed by atoms with Crippen molar-refractivity contribution in [2.45, 2.75) is 32.6 Å². The molecule has 0 saturated heterocycles. The van der Waals surface area contributed by atoms with E-state index in [0.717, 1.165) is 51.2 Å². The largest absolute Gasteiger partial charge is 0.260 e. The summed E-state index contributed by atoms with van der Waals surface area (Å²) in [5.74, 6) is 0.791. The predicted molar refractivity (Wildman–Crippen MR) is 112 cm³/mol. The fourth-order valence-electron chi connectivity index (χ4n) is 3.64. The van der Waals surface area contributed by atoms with Crippen LogP contribution in [-0.2, 0) is 12.8 Å². The van der Waals surface area contributed by atoms with Gasteiger partial charge in [0.25, 0.3) is 0 Å². The molecule has 0 amide bonds. The Labute approximate surface area is 161 Å². The third-order valence-corrected chi connectivity index (χ3v) is 6.25. The molecule has 27 heavy (non-hydrogen) atoms. The first-order chi connectivity index (χ1) is 13.3. The Balaban J connectivity index is 1.50.